The summed E-state index contributed by atoms with van der Waals surface area (Å²) in [5.41, 5.74) is 3.98. The molecular weight excluding hydrogens is 328 g/mol. The first-order chi connectivity index (χ1) is 10.7. The van der Waals surface area contributed by atoms with Crippen LogP contribution in [0, 0.1) is 0 Å². The lowest BCUT2D eigenvalue weighted by Gasteiger charge is -2.53. The van der Waals surface area contributed by atoms with Crippen LogP contribution in [0.4, 0.5) is 0 Å². The highest BCUT2D eigenvalue weighted by atomic mass is 32.2. The van der Waals surface area contributed by atoms with Crippen LogP contribution in [0.3, 0.4) is 0 Å². The van der Waals surface area contributed by atoms with Gasteiger partial charge in [0, 0.05) is 24.7 Å². The zero-order chi connectivity index (χ0) is 17.4. The van der Waals surface area contributed by atoms with Crippen LogP contribution in [0.15, 0.2) is 11.3 Å². The average molecular weight is 344 g/mol. The molecule has 0 aromatic heterocycles. The number of thioether (sulfide) groups is 1. The van der Waals surface area contributed by atoms with E-state index >= 15 is 0 Å². The molecule has 0 spiro atoms. The molecule has 0 unspecified atom stereocenters. The number of fused-ring (bicyclic) bond motifs is 1. The number of ether oxygens (including phenoxy) is 2. The Morgan fingerprint density at radius 2 is 2.13 bits per heavy atom. The average Bonchev–Trinajstić information content (AvgIpc) is 2.50. The third-order valence-electron chi connectivity index (χ3n) is 3.37. The van der Waals surface area contributed by atoms with Crippen molar-refractivity contribution in [3.05, 3.63) is 11.3 Å². The number of carboxylic acid groups (broad SMARTS) is 1. The minimum atomic E-state index is -1.87. The molecule has 23 heavy (non-hydrogen) atoms. The molecule has 2 aliphatic rings. The number of hydrogen-bond donors (Lipinski definition) is 2. The topological polar surface area (TPSA) is 136 Å². The number of aliphatic carboxylic acids is 1. The van der Waals surface area contributed by atoms with Crippen LogP contribution >= 0.6 is 11.8 Å². The number of nitrogens with zero attached hydrogens (tertiary/aromatic N) is 1. The summed E-state index contributed by atoms with van der Waals surface area (Å²) in [5.74, 6) is -3.17. The van der Waals surface area contributed by atoms with Gasteiger partial charge in [-0.1, -0.05) is 6.92 Å². The number of β-lactam (4-membered cyclic amide) rings is 1. The predicted octanol–water partition coefficient (Wildman–Crippen LogP) is -0.588. The maximum absolute atomic E-state index is 12.3. The lowest BCUT2D eigenvalue weighted by atomic mass is 9.99. The summed E-state index contributed by atoms with van der Waals surface area (Å²) in [5, 5.41) is 8.54. The maximum Gasteiger partial charge on any atom is 0.352 e. The molecule has 2 heterocycles. The normalized spacial score (nSPS) is 26.3. The smallest absolute Gasteiger partial charge is 0.352 e. The van der Waals surface area contributed by atoms with E-state index in [4.69, 9.17) is 15.2 Å². The molecule has 0 saturated carbocycles. The van der Waals surface area contributed by atoms with E-state index in [2.05, 4.69) is 0 Å². The molecule has 2 aliphatic heterocycles. The highest BCUT2D eigenvalue weighted by Gasteiger charge is 2.65. The van der Waals surface area contributed by atoms with Gasteiger partial charge in [-0.2, -0.15) is 0 Å². The molecule has 2 rings (SSSR count). The Morgan fingerprint density at radius 3 is 2.65 bits per heavy atom. The predicted molar refractivity (Wildman–Crippen MR) is 77.7 cm³/mol. The molecule has 10 heteroatoms. The summed E-state index contributed by atoms with van der Waals surface area (Å²) < 4.78 is 9.80. The Hall–Kier alpha value is -2.07. The van der Waals surface area contributed by atoms with Crippen LogP contribution in [-0.2, 0) is 28.7 Å². The highest BCUT2D eigenvalue weighted by molar-refractivity contribution is 8.00. The van der Waals surface area contributed by atoms with Crippen molar-refractivity contribution in [3.8, 4) is 0 Å². The largest absolute Gasteiger partial charge is 0.477 e. The summed E-state index contributed by atoms with van der Waals surface area (Å²) in [6, 6.07) is 0. The van der Waals surface area contributed by atoms with Crippen molar-refractivity contribution in [2.24, 2.45) is 5.73 Å². The van der Waals surface area contributed by atoms with Crippen LogP contribution in [0.1, 0.15) is 20.3 Å². The van der Waals surface area contributed by atoms with E-state index in [-0.39, 0.29) is 30.1 Å². The quantitative estimate of drug-likeness (QED) is 0.381. The van der Waals surface area contributed by atoms with Crippen molar-refractivity contribution >= 4 is 35.6 Å². The number of amides is 1. The van der Waals surface area contributed by atoms with Crippen molar-refractivity contribution in [2.75, 3.05) is 12.4 Å². The molecule has 0 aliphatic carbocycles. The standard InChI is InChI=1S/C13H16N2O7S/c1-3-8(17)22-13(14)11(20)15-9(10(18)19)7(4-21-6(2)16)5-23-12(13)15/h12H,3-5,14H2,1-2H3,(H,18,19)/t12-,13-/m1/s1. The first-order valence-electron chi connectivity index (χ1n) is 6.77. The molecule has 1 amide bonds. The van der Waals surface area contributed by atoms with Gasteiger partial charge in [-0.05, 0) is 0 Å². The zero-order valence-electron chi connectivity index (χ0n) is 12.5. The molecule has 0 aromatic rings. The van der Waals surface area contributed by atoms with Gasteiger partial charge < -0.3 is 14.6 Å². The van der Waals surface area contributed by atoms with Gasteiger partial charge in [0.05, 0.1) is 0 Å². The first-order valence-corrected chi connectivity index (χ1v) is 7.81. The van der Waals surface area contributed by atoms with E-state index < -0.39 is 34.9 Å². The van der Waals surface area contributed by atoms with Gasteiger partial charge in [-0.15, -0.1) is 11.8 Å². The number of carbonyl (C=O) groups is 4. The SMILES string of the molecule is CCC(=O)O[C@]1(N)C(=O)N2C(C(=O)O)=C(COC(C)=O)CS[C@@H]21. The Bertz CT molecular complexity index is 617. The van der Waals surface area contributed by atoms with Crippen molar-refractivity contribution in [3.63, 3.8) is 0 Å². The molecule has 126 valence electrons. The number of esters is 2. The van der Waals surface area contributed by atoms with Crippen molar-refractivity contribution in [1.82, 2.24) is 4.90 Å². The lowest BCUT2D eigenvalue weighted by Crippen LogP contribution is -2.79. The molecule has 2 atom stereocenters. The van der Waals surface area contributed by atoms with E-state index in [1.807, 2.05) is 0 Å². The second-order valence-electron chi connectivity index (χ2n) is 5.00. The van der Waals surface area contributed by atoms with Gasteiger partial charge in [0.15, 0.2) is 0 Å². The zero-order valence-corrected chi connectivity index (χ0v) is 13.3. The van der Waals surface area contributed by atoms with Crippen molar-refractivity contribution < 1.29 is 33.8 Å². The van der Waals surface area contributed by atoms with Crippen LogP contribution in [0.2, 0.25) is 0 Å². The Balaban J connectivity index is 2.27. The van der Waals surface area contributed by atoms with Crippen molar-refractivity contribution in [2.45, 2.75) is 31.4 Å². The fourth-order valence-corrected chi connectivity index (χ4v) is 3.59. The highest BCUT2D eigenvalue weighted by Crippen LogP contribution is 2.45. The second kappa shape index (κ2) is 6.20. The molecule has 1 fully saturated rings. The van der Waals surface area contributed by atoms with Gasteiger partial charge in [0.1, 0.15) is 17.7 Å². The molecule has 0 radical (unpaired) electrons. The van der Waals surface area contributed by atoms with E-state index in [0.29, 0.717) is 0 Å². The molecule has 0 bridgehead atoms. The second-order valence-corrected chi connectivity index (χ2v) is 6.07. The third-order valence-corrected chi connectivity index (χ3v) is 4.76. The lowest BCUT2D eigenvalue weighted by molar-refractivity contribution is -0.195. The van der Waals surface area contributed by atoms with Crippen molar-refractivity contribution in [1.29, 1.82) is 0 Å². The monoisotopic (exact) mass is 344 g/mol. The summed E-state index contributed by atoms with van der Waals surface area (Å²) in [6.07, 6.45) is 0.0446. The van der Waals surface area contributed by atoms with Gasteiger partial charge in [-0.3, -0.25) is 25.0 Å². The molecule has 9 nitrogen and oxygen atoms in total. The molecule has 3 N–H and O–H groups in total. The minimum Gasteiger partial charge on any atom is -0.477 e. The van der Waals surface area contributed by atoms with Gasteiger partial charge in [-0.25, -0.2) is 4.79 Å². The van der Waals surface area contributed by atoms with Crippen LogP contribution in [-0.4, -0.2) is 57.3 Å². The van der Waals surface area contributed by atoms with Crippen LogP contribution < -0.4 is 5.73 Å². The summed E-state index contributed by atoms with van der Waals surface area (Å²) >= 11 is 1.15. The van der Waals surface area contributed by atoms with E-state index in [1.54, 1.807) is 6.92 Å². The van der Waals surface area contributed by atoms with E-state index in [0.717, 1.165) is 16.7 Å². The maximum atomic E-state index is 12.3. The molecule has 0 aromatic carbocycles. The fourth-order valence-electron chi connectivity index (χ4n) is 2.27. The minimum absolute atomic E-state index is 0.0446. The number of carboxylic acids is 1. The van der Waals surface area contributed by atoms with E-state index in [1.165, 1.54) is 6.92 Å². The number of rotatable bonds is 5. The number of carbonyl (C=O) groups excluding carboxylic acids is 3. The summed E-state index contributed by atoms with van der Waals surface area (Å²) in [6.45, 7) is 2.52. The molecular formula is C13H16N2O7S. The Kier molecular flexibility index (Phi) is 4.66. The summed E-state index contributed by atoms with van der Waals surface area (Å²) in [4.78, 5) is 47.0. The van der Waals surface area contributed by atoms with Gasteiger partial charge in [0.25, 0.3) is 11.6 Å². The number of hydrogen-bond acceptors (Lipinski definition) is 8. The van der Waals surface area contributed by atoms with Gasteiger partial charge in [0.2, 0.25) is 0 Å². The Morgan fingerprint density at radius 1 is 1.48 bits per heavy atom. The van der Waals surface area contributed by atoms with Crippen LogP contribution in [0.25, 0.3) is 0 Å². The fraction of sp³-hybridized carbons (Fsp3) is 0.538. The summed E-state index contributed by atoms with van der Waals surface area (Å²) in [7, 11) is 0. The van der Waals surface area contributed by atoms with E-state index in [9.17, 15) is 24.3 Å². The molecule has 1 saturated heterocycles. The number of nitrogens with two attached hydrogens (primary N) is 1. The van der Waals surface area contributed by atoms with Crippen LogP contribution in [0.5, 0.6) is 0 Å². The Labute approximate surface area is 135 Å². The van der Waals surface area contributed by atoms with Gasteiger partial charge >= 0.3 is 17.9 Å². The first kappa shape index (κ1) is 17.3. The third kappa shape index (κ3) is 2.91.